The largest absolute Gasteiger partial charge is 0.434 e. The molecular weight excluding hydrogens is 465 g/mol. The van der Waals surface area contributed by atoms with Gasteiger partial charge in [0.15, 0.2) is 0 Å². The number of pyridine rings is 1. The highest BCUT2D eigenvalue weighted by Crippen LogP contribution is 2.35. The minimum Gasteiger partial charge on any atom is -0.391 e. The Hall–Kier alpha value is -3.09. The Labute approximate surface area is 187 Å². The molecule has 0 saturated heterocycles. The van der Waals surface area contributed by atoms with E-state index in [2.05, 4.69) is 19.9 Å². The monoisotopic (exact) mass is 483 g/mol. The van der Waals surface area contributed by atoms with E-state index in [1.165, 1.54) is 12.1 Å². The Balaban J connectivity index is 2.14. The standard InChI is InChI=1S/C19H19ClFN5O5S/c1-8-4-5-11(21)14(9(8)2)10(3)15(18-24-25-19(28)31-18)26-32(29,30)12-6-7-13(20)23-16(12)17(22)27/h4-7,10,15,26H,1-3H3,(H2,22,27)(H,25,28)/t10-,15+/m1/s1. The van der Waals surface area contributed by atoms with Gasteiger partial charge in [-0.05, 0) is 48.7 Å². The lowest BCUT2D eigenvalue weighted by molar-refractivity contribution is 0.0992. The first-order valence-corrected chi connectivity index (χ1v) is 11.1. The molecule has 0 aliphatic carbocycles. The number of carbonyl (C=O) groups is 1. The Morgan fingerprint density at radius 3 is 2.56 bits per heavy atom. The molecule has 1 aromatic carbocycles. The van der Waals surface area contributed by atoms with Crippen LogP contribution in [0.1, 0.15) is 52.0 Å². The smallest absolute Gasteiger partial charge is 0.391 e. The molecule has 0 radical (unpaired) electrons. The van der Waals surface area contributed by atoms with E-state index in [9.17, 15) is 22.4 Å². The molecule has 0 aliphatic heterocycles. The number of sulfonamides is 1. The van der Waals surface area contributed by atoms with Crippen molar-refractivity contribution in [2.45, 2.75) is 37.6 Å². The fraction of sp³-hybridized carbons (Fsp3) is 0.263. The van der Waals surface area contributed by atoms with E-state index >= 15 is 0 Å². The van der Waals surface area contributed by atoms with E-state index in [4.69, 9.17) is 21.8 Å². The number of H-pyrrole nitrogens is 1. The molecule has 0 fully saturated rings. The van der Waals surface area contributed by atoms with Gasteiger partial charge in [0.05, 0.1) is 0 Å². The normalized spacial score (nSPS) is 13.7. The Bertz CT molecular complexity index is 1350. The van der Waals surface area contributed by atoms with Crippen LogP contribution in [0.5, 0.6) is 0 Å². The van der Waals surface area contributed by atoms with Crippen molar-refractivity contribution < 1.29 is 22.0 Å². The SMILES string of the molecule is Cc1ccc(F)c([C@@H](C)[C@H](NS(=O)(=O)c2ccc(Cl)nc2C(N)=O)c2n[nH]c(=O)o2)c1C. The fourth-order valence-electron chi connectivity index (χ4n) is 3.32. The first-order valence-electron chi connectivity index (χ1n) is 9.22. The van der Waals surface area contributed by atoms with Gasteiger partial charge in [0, 0.05) is 5.92 Å². The van der Waals surface area contributed by atoms with Gasteiger partial charge in [-0.2, -0.15) is 4.72 Å². The predicted molar refractivity (Wildman–Crippen MR) is 112 cm³/mol. The molecule has 3 aromatic rings. The second kappa shape index (κ2) is 8.81. The molecule has 1 amide bonds. The number of nitrogens with one attached hydrogen (secondary N) is 2. The molecule has 2 heterocycles. The number of halogens is 2. The summed E-state index contributed by atoms with van der Waals surface area (Å²) in [4.78, 5) is 26.4. The molecule has 0 aliphatic rings. The highest BCUT2D eigenvalue weighted by atomic mass is 35.5. The topological polar surface area (TPSA) is 161 Å². The number of carbonyl (C=O) groups excluding carboxylic acids is 1. The van der Waals surface area contributed by atoms with Gasteiger partial charge in [-0.25, -0.2) is 27.7 Å². The van der Waals surface area contributed by atoms with E-state index in [0.29, 0.717) is 5.56 Å². The molecule has 0 spiro atoms. The highest BCUT2D eigenvalue weighted by Gasteiger charge is 2.35. The van der Waals surface area contributed by atoms with Gasteiger partial charge >= 0.3 is 5.76 Å². The second-order valence-electron chi connectivity index (χ2n) is 7.09. The third-order valence-electron chi connectivity index (χ3n) is 5.04. The minimum atomic E-state index is -4.49. The number of nitrogens with two attached hydrogens (primary N) is 1. The van der Waals surface area contributed by atoms with Crippen LogP contribution in [-0.2, 0) is 10.0 Å². The van der Waals surface area contributed by atoms with Crippen molar-refractivity contribution in [3.05, 3.63) is 74.1 Å². The zero-order valence-electron chi connectivity index (χ0n) is 17.1. The number of hydrogen-bond acceptors (Lipinski definition) is 7. The Kier molecular flexibility index (Phi) is 6.49. The van der Waals surface area contributed by atoms with Crippen molar-refractivity contribution in [3.63, 3.8) is 0 Å². The average Bonchev–Trinajstić information content (AvgIpc) is 3.15. The third kappa shape index (κ3) is 4.56. The van der Waals surface area contributed by atoms with Gasteiger partial charge in [0.2, 0.25) is 15.9 Å². The number of nitrogens with zero attached hydrogens (tertiary/aromatic N) is 2. The predicted octanol–water partition coefficient (Wildman–Crippen LogP) is 2.09. The summed E-state index contributed by atoms with van der Waals surface area (Å²) in [6.07, 6.45) is 0. The Morgan fingerprint density at radius 1 is 1.28 bits per heavy atom. The zero-order valence-corrected chi connectivity index (χ0v) is 18.7. The molecule has 0 saturated carbocycles. The fourth-order valence-corrected chi connectivity index (χ4v) is 4.88. The summed E-state index contributed by atoms with van der Waals surface area (Å²) in [5, 5.41) is 5.63. The number of amides is 1. The summed E-state index contributed by atoms with van der Waals surface area (Å²) >= 11 is 5.76. The maximum absolute atomic E-state index is 14.7. The van der Waals surface area contributed by atoms with Gasteiger partial charge in [0.25, 0.3) is 5.91 Å². The lowest BCUT2D eigenvalue weighted by atomic mass is 9.88. The van der Waals surface area contributed by atoms with E-state index in [0.717, 1.165) is 11.6 Å². The Morgan fingerprint density at radius 2 is 1.97 bits per heavy atom. The minimum absolute atomic E-state index is 0.140. The van der Waals surface area contributed by atoms with Crippen LogP contribution in [0, 0.1) is 19.7 Å². The van der Waals surface area contributed by atoms with Crippen LogP contribution in [0.3, 0.4) is 0 Å². The quantitative estimate of drug-likeness (QED) is 0.433. The van der Waals surface area contributed by atoms with E-state index in [-0.39, 0.29) is 16.6 Å². The molecule has 13 heteroatoms. The molecule has 3 rings (SSSR count). The van der Waals surface area contributed by atoms with Gasteiger partial charge in [0.1, 0.15) is 27.6 Å². The van der Waals surface area contributed by atoms with Crippen LogP contribution in [0.15, 0.2) is 38.4 Å². The third-order valence-corrected chi connectivity index (χ3v) is 6.72. The van der Waals surface area contributed by atoms with Gasteiger partial charge in [-0.3, -0.25) is 4.79 Å². The molecule has 32 heavy (non-hydrogen) atoms. The molecule has 2 aromatic heterocycles. The van der Waals surface area contributed by atoms with Crippen LogP contribution in [0.2, 0.25) is 5.15 Å². The van der Waals surface area contributed by atoms with Crippen molar-refractivity contribution in [2.75, 3.05) is 0 Å². The van der Waals surface area contributed by atoms with Crippen molar-refractivity contribution in [1.82, 2.24) is 19.9 Å². The van der Waals surface area contributed by atoms with Crippen molar-refractivity contribution in [3.8, 4) is 0 Å². The first kappa shape index (κ1) is 23.6. The number of primary amides is 1. The van der Waals surface area contributed by atoms with Crippen LogP contribution >= 0.6 is 11.6 Å². The summed E-state index contributed by atoms with van der Waals surface area (Å²) in [7, 11) is -4.49. The number of hydrogen-bond donors (Lipinski definition) is 3. The number of benzene rings is 1. The lowest BCUT2D eigenvalue weighted by Crippen LogP contribution is -2.34. The summed E-state index contributed by atoms with van der Waals surface area (Å²) in [6, 6.07) is 3.74. The molecule has 0 unspecified atom stereocenters. The van der Waals surface area contributed by atoms with Gasteiger partial charge in [-0.15, -0.1) is 5.10 Å². The second-order valence-corrected chi connectivity index (χ2v) is 9.16. The van der Waals surface area contributed by atoms with Crippen molar-refractivity contribution >= 4 is 27.5 Å². The van der Waals surface area contributed by atoms with Crippen LogP contribution < -0.4 is 16.2 Å². The highest BCUT2D eigenvalue weighted by molar-refractivity contribution is 7.89. The van der Waals surface area contributed by atoms with Crippen LogP contribution in [0.25, 0.3) is 0 Å². The van der Waals surface area contributed by atoms with Gasteiger partial charge < -0.3 is 10.2 Å². The average molecular weight is 484 g/mol. The molecule has 0 bridgehead atoms. The van der Waals surface area contributed by atoms with Crippen molar-refractivity contribution in [1.29, 1.82) is 0 Å². The maximum atomic E-state index is 14.7. The molecule has 10 nitrogen and oxygen atoms in total. The van der Waals surface area contributed by atoms with Crippen LogP contribution in [-0.4, -0.2) is 29.5 Å². The first-order chi connectivity index (χ1) is 14.9. The molecule has 170 valence electrons. The lowest BCUT2D eigenvalue weighted by Gasteiger charge is -2.25. The number of aryl methyl sites for hydroxylation is 1. The van der Waals surface area contributed by atoms with Crippen LogP contribution in [0.4, 0.5) is 4.39 Å². The maximum Gasteiger partial charge on any atom is 0.434 e. The van der Waals surface area contributed by atoms with Crippen molar-refractivity contribution in [2.24, 2.45) is 5.73 Å². The number of aromatic nitrogens is 3. The zero-order chi connectivity index (χ0) is 23.8. The number of rotatable bonds is 7. The number of aromatic amines is 1. The summed E-state index contributed by atoms with van der Waals surface area (Å²) in [6.45, 7) is 5.00. The van der Waals surface area contributed by atoms with Gasteiger partial charge in [-0.1, -0.05) is 24.6 Å². The molecule has 4 N–H and O–H groups in total. The summed E-state index contributed by atoms with van der Waals surface area (Å²) < 4.78 is 48.4. The summed E-state index contributed by atoms with van der Waals surface area (Å²) in [5.41, 5.74) is 6.23. The van der Waals surface area contributed by atoms with E-state index in [1.807, 2.05) is 0 Å². The summed E-state index contributed by atoms with van der Waals surface area (Å²) in [5.74, 6) is -3.83. The van der Waals surface area contributed by atoms with E-state index in [1.54, 1.807) is 26.8 Å². The molecule has 2 atom stereocenters. The van der Waals surface area contributed by atoms with E-state index < -0.39 is 50.1 Å². The molecular formula is C19H19ClFN5O5S.